The zero-order chi connectivity index (χ0) is 15.4. The minimum Gasteiger partial charge on any atom is -0.365 e. The summed E-state index contributed by atoms with van der Waals surface area (Å²) in [7, 11) is 0. The number of aromatic nitrogens is 1. The maximum atomic E-state index is 10.8. The van der Waals surface area contributed by atoms with E-state index in [1.165, 1.54) is 31.5 Å². The molecule has 114 valence electrons. The number of fused-ring (bicyclic) bond motifs is 2. The van der Waals surface area contributed by atoms with Crippen LogP contribution in [0.4, 0.5) is 11.5 Å². The van der Waals surface area contributed by atoms with Crippen molar-refractivity contribution in [2.24, 2.45) is 16.7 Å². The predicted molar refractivity (Wildman–Crippen MR) is 82.5 cm³/mol. The van der Waals surface area contributed by atoms with Crippen molar-refractivity contribution in [1.82, 2.24) is 4.98 Å². The lowest BCUT2D eigenvalue weighted by atomic mass is 9.68. The molecule has 2 bridgehead atoms. The molecule has 6 heteroatoms. The lowest BCUT2D eigenvalue weighted by Gasteiger charge is -2.43. The molecule has 1 N–H and O–H groups in total. The third kappa shape index (κ3) is 2.18. The molecule has 0 amide bonds. The van der Waals surface area contributed by atoms with E-state index in [2.05, 4.69) is 31.1 Å². The summed E-state index contributed by atoms with van der Waals surface area (Å²) in [6.45, 7) is 6.90. The van der Waals surface area contributed by atoms with Gasteiger partial charge in [0.1, 0.15) is 12.0 Å². The van der Waals surface area contributed by atoms with E-state index in [0.717, 1.165) is 5.92 Å². The molecule has 3 atom stereocenters. The summed E-state index contributed by atoms with van der Waals surface area (Å²) in [6.07, 6.45) is 4.98. The van der Waals surface area contributed by atoms with E-state index in [1.807, 2.05) is 0 Å². The minimum absolute atomic E-state index is 0.0797. The summed E-state index contributed by atoms with van der Waals surface area (Å²) in [4.78, 5) is 14.4. The molecule has 1 aromatic heterocycles. The minimum atomic E-state index is -0.481. The lowest BCUT2D eigenvalue weighted by Crippen LogP contribution is -2.46. The summed E-state index contributed by atoms with van der Waals surface area (Å²) in [5, 5.41) is 14.5. The smallest absolute Gasteiger partial charge is 0.289 e. The Morgan fingerprint density at radius 2 is 2.19 bits per heavy atom. The Labute approximate surface area is 129 Å². The van der Waals surface area contributed by atoms with Crippen molar-refractivity contribution in [3.63, 3.8) is 0 Å². The van der Waals surface area contributed by atoms with Gasteiger partial charge < -0.3 is 5.32 Å². The van der Waals surface area contributed by atoms with Gasteiger partial charge in [0.25, 0.3) is 5.69 Å². The Morgan fingerprint density at radius 3 is 2.71 bits per heavy atom. The molecule has 2 saturated carbocycles. The molecule has 3 rings (SSSR count). The zero-order valence-corrected chi connectivity index (χ0v) is 13.3. The Kier molecular flexibility index (Phi) is 3.17. The molecule has 0 aliphatic heterocycles. The first-order valence-corrected chi connectivity index (χ1v) is 7.68. The predicted octanol–water partition coefficient (Wildman–Crippen LogP) is 4.27. The van der Waals surface area contributed by atoms with Crippen molar-refractivity contribution >= 4 is 23.1 Å². The molecule has 2 fully saturated rings. The van der Waals surface area contributed by atoms with Gasteiger partial charge in [-0.25, -0.2) is 4.98 Å². The van der Waals surface area contributed by atoms with E-state index in [0.29, 0.717) is 10.8 Å². The first-order valence-electron chi connectivity index (χ1n) is 7.30. The number of nitrogens with one attached hydrogen (secondary N) is 1. The molecule has 0 aromatic carbocycles. The molecular weight excluding hydrogens is 290 g/mol. The highest BCUT2D eigenvalue weighted by Crippen LogP contribution is 2.63. The fraction of sp³-hybridized carbons (Fsp3) is 0.667. The van der Waals surface area contributed by atoms with Crippen molar-refractivity contribution in [2.75, 3.05) is 5.32 Å². The first kappa shape index (κ1) is 14.6. The van der Waals surface area contributed by atoms with Crippen molar-refractivity contribution in [2.45, 2.75) is 46.1 Å². The zero-order valence-electron chi connectivity index (χ0n) is 12.5. The standard InChI is InChI=1S/C15H20ClN3O2/c1-14(2)9-4-5-15(3,7-9)13(14)18-12-11(16)6-10(8-17-12)19(20)21/h6,8-9,13H,4-5,7H2,1-3H3,(H,17,18). The van der Waals surface area contributed by atoms with E-state index < -0.39 is 4.92 Å². The molecule has 1 heterocycles. The van der Waals surface area contributed by atoms with Gasteiger partial charge in [-0.15, -0.1) is 0 Å². The largest absolute Gasteiger partial charge is 0.365 e. The van der Waals surface area contributed by atoms with Crippen LogP contribution in [0, 0.1) is 26.9 Å². The van der Waals surface area contributed by atoms with Crippen LogP contribution in [0.1, 0.15) is 40.0 Å². The normalized spacial score (nSPS) is 33.1. The van der Waals surface area contributed by atoms with Gasteiger partial charge in [0.05, 0.1) is 9.95 Å². The van der Waals surface area contributed by atoms with Gasteiger partial charge >= 0.3 is 0 Å². The molecule has 2 aliphatic carbocycles. The van der Waals surface area contributed by atoms with Crippen molar-refractivity contribution in [3.05, 3.63) is 27.4 Å². The first-order chi connectivity index (χ1) is 9.74. The monoisotopic (exact) mass is 309 g/mol. The molecule has 5 nitrogen and oxygen atoms in total. The fourth-order valence-corrected chi connectivity index (χ4v) is 4.65. The van der Waals surface area contributed by atoms with Crippen LogP contribution in [0.2, 0.25) is 5.02 Å². The third-order valence-electron chi connectivity index (χ3n) is 5.59. The number of rotatable bonds is 3. The number of hydrogen-bond donors (Lipinski definition) is 1. The van der Waals surface area contributed by atoms with Gasteiger partial charge in [-0.1, -0.05) is 32.4 Å². The van der Waals surface area contributed by atoms with E-state index in [9.17, 15) is 10.1 Å². The molecule has 21 heavy (non-hydrogen) atoms. The third-order valence-corrected chi connectivity index (χ3v) is 5.88. The Bertz CT molecular complexity index is 600. The van der Waals surface area contributed by atoms with Crippen LogP contribution in [0.5, 0.6) is 0 Å². The summed E-state index contributed by atoms with van der Waals surface area (Å²) in [5.74, 6) is 1.27. The number of nitro groups is 1. The molecule has 2 aliphatic rings. The van der Waals surface area contributed by atoms with Crippen LogP contribution in [-0.4, -0.2) is 15.9 Å². The lowest BCUT2D eigenvalue weighted by molar-refractivity contribution is -0.385. The number of anilines is 1. The van der Waals surface area contributed by atoms with Crippen molar-refractivity contribution in [3.8, 4) is 0 Å². The Balaban J connectivity index is 1.88. The van der Waals surface area contributed by atoms with E-state index >= 15 is 0 Å². The second-order valence-corrected chi connectivity index (χ2v) is 7.68. The van der Waals surface area contributed by atoms with Crippen LogP contribution in [0.25, 0.3) is 0 Å². The van der Waals surface area contributed by atoms with Gasteiger partial charge in [-0.05, 0) is 36.0 Å². The maximum absolute atomic E-state index is 10.8. The van der Waals surface area contributed by atoms with Gasteiger partial charge in [0, 0.05) is 12.1 Å². The topological polar surface area (TPSA) is 68.1 Å². The van der Waals surface area contributed by atoms with Gasteiger partial charge in [0.15, 0.2) is 0 Å². The van der Waals surface area contributed by atoms with Crippen LogP contribution in [0.15, 0.2) is 12.3 Å². The maximum Gasteiger partial charge on any atom is 0.289 e. The molecule has 0 spiro atoms. The van der Waals surface area contributed by atoms with Crippen LogP contribution in [0.3, 0.4) is 0 Å². The summed E-state index contributed by atoms with van der Waals surface area (Å²) < 4.78 is 0. The average molecular weight is 310 g/mol. The second-order valence-electron chi connectivity index (χ2n) is 7.27. The summed E-state index contributed by atoms with van der Waals surface area (Å²) in [6, 6.07) is 1.65. The molecule has 0 saturated heterocycles. The molecule has 1 aromatic rings. The van der Waals surface area contributed by atoms with Gasteiger partial charge in [-0.2, -0.15) is 0 Å². The van der Waals surface area contributed by atoms with Crippen molar-refractivity contribution in [1.29, 1.82) is 0 Å². The summed E-state index contributed by atoms with van der Waals surface area (Å²) in [5.41, 5.74) is 0.352. The quantitative estimate of drug-likeness (QED) is 0.668. The number of pyridine rings is 1. The molecular formula is C15H20ClN3O2. The highest BCUT2D eigenvalue weighted by molar-refractivity contribution is 6.33. The molecule has 0 radical (unpaired) electrons. The van der Waals surface area contributed by atoms with E-state index in [4.69, 9.17) is 11.6 Å². The SMILES string of the molecule is CC12CCC(C1)C(C)(C)C2Nc1ncc([N+](=O)[O-])cc1Cl. The van der Waals surface area contributed by atoms with Crippen LogP contribution >= 0.6 is 11.6 Å². The molecule has 3 unspecified atom stereocenters. The number of nitrogens with zero attached hydrogens (tertiary/aromatic N) is 2. The van der Waals surface area contributed by atoms with Crippen molar-refractivity contribution < 1.29 is 4.92 Å². The summed E-state index contributed by atoms with van der Waals surface area (Å²) >= 11 is 6.16. The number of hydrogen-bond acceptors (Lipinski definition) is 4. The Morgan fingerprint density at radius 1 is 1.48 bits per heavy atom. The highest BCUT2D eigenvalue weighted by Gasteiger charge is 2.59. The number of halogens is 1. The Hall–Kier alpha value is -1.36. The fourth-order valence-electron chi connectivity index (χ4n) is 4.43. The van der Waals surface area contributed by atoms with E-state index in [-0.39, 0.29) is 22.6 Å². The highest BCUT2D eigenvalue weighted by atomic mass is 35.5. The van der Waals surface area contributed by atoms with Crippen LogP contribution in [-0.2, 0) is 0 Å². The van der Waals surface area contributed by atoms with Gasteiger partial charge in [0.2, 0.25) is 0 Å². The van der Waals surface area contributed by atoms with Gasteiger partial charge in [-0.3, -0.25) is 10.1 Å². The van der Waals surface area contributed by atoms with Crippen LogP contribution < -0.4 is 5.32 Å². The van der Waals surface area contributed by atoms with E-state index in [1.54, 1.807) is 0 Å². The second kappa shape index (κ2) is 4.57. The average Bonchev–Trinajstić information content (AvgIpc) is 2.87.